The topological polar surface area (TPSA) is 350 Å². The zero-order valence-corrected chi connectivity index (χ0v) is 28.3. The molecule has 4 fully saturated rings. The van der Waals surface area contributed by atoms with Gasteiger partial charge in [-0.05, 0) is 12.8 Å². The number of hydroxylamine groups is 2. The van der Waals surface area contributed by atoms with Gasteiger partial charge in [0.05, 0.1) is 26.4 Å². The first-order valence-corrected chi connectivity index (χ1v) is 17.0. The highest BCUT2D eigenvalue weighted by Crippen LogP contribution is 2.31. The number of unbranched alkanes of at least 4 members (excludes halogenated alkanes) is 1. The van der Waals surface area contributed by atoms with E-state index in [0.717, 1.165) is 0 Å². The highest BCUT2D eigenvalue weighted by atomic mass is 16.8. The Balaban J connectivity index is 1.30. The van der Waals surface area contributed by atoms with Crippen LogP contribution in [0.3, 0.4) is 0 Å². The summed E-state index contributed by atoms with van der Waals surface area (Å²) in [6.07, 6.45) is -25.2. The molecule has 53 heavy (non-hydrogen) atoms. The lowest BCUT2D eigenvalue weighted by atomic mass is 9.96. The van der Waals surface area contributed by atoms with Crippen molar-refractivity contribution in [1.29, 1.82) is 0 Å². The third-order valence-electron chi connectivity index (χ3n) is 8.99. The molecule has 4 saturated heterocycles. The molecule has 0 aromatic heterocycles. The average Bonchev–Trinajstić information content (AvgIpc) is 3.45. The quantitative estimate of drug-likeness (QED) is 0.0483. The summed E-state index contributed by atoms with van der Waals surface area (Å²) < 4.78 is 33.0. The number of ether oxygens (including phenoxy) is 6. The minimum atomic E-state index is -1.92. The zero-order valence-electron chi connectivity index (χ0n) is 28.3. The van der Waals surface area contributed by atoms with Gasteiger partial charge in [0.1, 0.15) is 73.2 Å². The van der Waals surface area contributed by atoms with Gasteiger partial charge in [-0.15, -0.1) is 5.06 Å². The van der Waals surface area contributed by atoms with Crippen LogP contribution in [0.5, 0.6) is 0 Å². The minimum absolute atomic E-state index is 0.0179. The molecule has 15 atom stereocenters. The monoisotopic (exact) mass is 772 g/mol. The van der Waals surface area contributed by atoms with E-state index >= 15 is 0 Å². The molecule has 0 aliphatic carbocycles. The summed E-state index contributed by atoms with van der Waals surface area (Å²) in [4.78, 5) is 52.1. The van der Waals surface area contributed by atoms with E-state index in [4.69, 9.17) is 33.3 Å². The largest absolute Gasteiger partial charge is 0.394 e. The molecule has 4 rings (SSSR count). The number of nitrogens with one attached hydrogen (secondary N) is 1. The van der Waals surface area contributed by atoms with E-state index in [0.29, 0.717) is 5.06 Å². The molecule has 0 bridgehead atoms. The Morgan fingerprint density at radius 3 is 1.79 bits per heavy atom. The van der Waals surface area contributed by atoms with Gasteiger partial charge in [-0.2, -0.15) is 0 Å². The summed E-state index contributed by atoms with van der Waals surface area (Å²) in [5, 5.41) is 105. The van der Waals surface area contributed by atoms with Gasteiger partial charge < -0.3 is 89.6 Å². The maximum Gasteiger partial charge on any atom is 0.333 e. The van der Waals surface area contributed by atoms with Crippen LogP contribution < -0.4 is 5.32 Å². The van der Waals surface area contributed by atoms with E-state index in [2.05, 4.69) is 5.32 Å². The van der Waals surface area contributed by atoms with Gasteiger partial charge in [0, 0.05) is 32.2 Å². The molecule has 0 spiro atoms. The third-order valence-corrected chi connectivity index (χ3v) is 8.99. The van der Waals surface area contributed by atoms with Crippen molar-refractivity contribution < 1.29 is 104 Å². The van der Waals surface area contributed by atoms with Crippen LogP contribution in [0.1, 0.15) is 38.5 Å². The SMILES string of the molecule is O=C(CCCCC(=O)ON1C(=O)CCC1=O)NCCO[C@@H]1O[C@H](CO[C@H]2O[C@H](CO)[C@@H](O)[C@H](O)[C@@H]2O)[C@@H](O)[C@H](O[C@H]2O[C@H](CO)[C@@H](O)[C@H](O)[C@@H]2O)[C@H]1O. The first-order valence-electron chi connectivity index (χ1n) is 17.0. The van der Waals surface area contributed by atoms with Crippen LogP contribution in [0.15, 0.2) is 0 Å². The van der Waals surface area contributed by atoms with E-state index in [9.17, 15) is 70.2 Å². The van der Waals surface area contributed by atoms with Crippen molar-refractivity contribution in [2.24, 2.45) is 0 Å². The molecule has 0 aromatic rings. The first-order chi connectivity index (χ1) is 25.2. The van der Waals surface area contributed by atoms with E-state index < -0.39 is 136 Å². The van der Waals surface area contributed by atoms with Crippen molar-refractivity contribution in [3.63, 3.8) is 0 Å². The minimum Gasteiger partial charge on any atom is -0.394 e. The number of aliphatic hydroxyl groups is 10. The van der Waals surface area contributed by atoms with Crippen molar-refractivity contribution in [3.05, 3.63) is 0 Å². The predicted molar refractivity (Wildman–Crippen MR) is 164 cm³/mol. The Morgan fingerprint density at radius 2 is 1.19 bits per heavy atom. The molecule has 0 aromatic carbocycles. The van der Waals surface area contributed by atoms with Crippen molar-refractivity contribution in [3.8, 4) is 0 Å². The summed E-state index contributed by atoms with van der Waals surface area (Å²) >= 11 is 0. The number of amides is 3. The lowest BCUT2D eigenvalue weighted by Crippen LogP contribution is -2.65. The number of carbonyl (C=O) groups excluding carboxylic acids is 4. The van der Waals surface area contributed by atoms with Crippen LogP contribution in [0.4, 0.5) is 0 Å². The first kappa shape index (κ1) is 43.2. The second-order valence-corrected chi connectivity index (χ2v) is 12.8. The van der Waals surface area contributed by atoms with Gasteiger partial charge >= 0.3 is 5.97 Å². The molecular weight excluding hydrogens is 724 g/mol. The van der Waals surface area contributed by atoms with Crippen LogP contribution in [0.25, 0.3) is 0 Å². The fourth-order valence-electron chi connectivity index (χ4n) is 5.88. The van der Waals surface area contributed by atoms with E-state index in [1.165, 1.54) is 0 Å². The molecule has 23 heteroatoms. The van der Waals surface area contributed by atoms with Crippen molar-refractivity contribution >= 4 is 23.7 Å². The average molecular weight is 773 g/mol. The summed E-state index contributed by atoms with van der Waals surface area (Å²) in [6, 6.07) is 0. The fourth-order valence-corrected chi connectivity index (χ4v) is 5.88. The van der Waals surface area contributed by atoms with Gasteiger partial charge in [-0.3, -0.25) is 14.4 Å². The number of hydrogen-bond donors (Lipinski definition) is 11. The third kappa shape index (κ3) is 10.8. The smallest absolute Gasteiger partial charge is 0.333 e. The molecule has 4 aliphatic rings. The van der Waals surface area contributed by atoms with Gasteiger partial charge in [0.15, 0.2) is 18.9 Å². The van der Waals surface area contributed by atoms with Gasteiger partial charge in [-0.1, -0.05) is 0 Å². The maximum atomic E-state index is 12.3. The molecule has 4 heterocycles. The zero-order chi connectivity index (χ0) is 39.0. The lowest BCUT2D eigenvalue weighted by Gasteiger charge is -2.46. The number of rotatable bonds is 17. The number of nitrogens with zero attached hydrogens (tertiary/aromatic N) is 1. The summed E-state index contributed by atoms with van der Waals surface area (Å²) in [6.45, 7) is -2.62. The molecule has 11 N–H and O–H groups in total. The Kier molecular flexibility index (Phi) is 16.2. The Morgan fingerprint density at radius 1 is 0.660 bits per heavy atom. The number of aliphatic hydroxyl groups excluding tert-OH is 10. The molecule has 4 aliphatic heterocycles. The summed E-state index contributed by atoms with van der Waals surface area (Å²) in [5.74, 6) is -2.46. The van der Waals surface area contributed by atoms with Crippen molar-refractivity contribution in [2.45, 2.75) is 131 Å². The Bertz CT molecular complexity index is 1210. The van der Waals surface area contributed by atoms with Crippen molar-refractivity contribution in [2.75, 3.05) is 33.0 Å². The number of hydrogen-bond acceptors (Lipinski definition) is 21. The Labute approximate surface area is 301 Å². The normalized spacial score (nSPS) is 39.3. The summed E-state index contributed by atoms with van der Waals surface area (Å²) in [5.41, 5.74) is 0. The molecule has 0 radical (unpaired) electrons. The fraction of sp³-hybridized carbons (Fsp3) is 0.867. The van der Waals surface area contributed by atoms with Gasteiger partial charge in [-0.25, -0.2) is 4.79 Å². The lowest BCUT2D eigenvalue weighted by molar-refractivity contribution is -0.366. The van der Waals surface area contributed by atoms with Gasteiger partial charge in [0.25, 0.3) is 11.8 Å². The summed E-state index contributed by atoms with van der Waals surface area (Å²) in [7, 11) is 0. The molecule has 0 saturated carbocycles. The van der Waals surface area contributed by atoms with Crippen LogP contribution in [-0.2, 0) is 52.4 Å². The molecule has 0 unspecified atom stereocenters. The predicted octanol–water partition coefficient (Wildman–Crippen LogP) is -7.26. The van der Waals surface area contributed by atoms with Crippen LogP contribution in [-0.4, -0.2) is 205 Å². The number of imide groups is 1. The van der Waals surface area contributed by atoms with Crippen LogP contribution in [0.2, 0.25) is 0 Å². The highest BCUT2D eigenvalue weighted by Gasteiger charge is 2.52. The Hall–Kier alpha value is -2.56. The molecular formula is C30H48N2O21. The second kappa shape index (κ2) is 19.9. The van der Waals surface area contributed by atoms with Crippen LogP contribution >= 0.6 is 0 Å². The number of carbonyl (C=O) groups is 4. The maximum absolute atomic E-state index is 12.3. The van der Waals surface area contributed by atoms with Crippen LogP contribution in [0, 0.1) is 0 Å². The standard InChI is InChI=1S/C30H48N2O21/c33-9-12-19(39)22(42)24(44)28(49-12)48-11-14-21(41)27(52-30-25(45)23(43)20(40)13(10-34)50-30)26(46)29(51-14)47-8-7-31-15(35)3-1-2-4-18(38)53-32-16(36)5-6-17(32)37/h12-14,19-30,33-34,39-46H,1-11H2,(H,31,35)/t12-,13-,14-,19-,20-,21-,22+,23+,24+,25+,26-,27+,28+,29-,30-/m1/s1. The van der Waals surface area contributed by atoms with Gasteiger partial charge in [0.2, 0.25) is 5.91 Å². The van der Waals surface area contributed by atoms with Crippen molar-refractivity contribution in [1.82, 2.24) is 10.4 Å². The van der Waals surface area contributed by atoms with E-state index in [1.807, 2.05) is 0 Å². The highest BCUT2D eigenvalue weighted by molar-refractivity contribution is 6.01. The van der Waals surface area contributed by atoms with E-state index in [-0.39, 0.29) is 51.7 Å². The van der Waals surface area contributed by atoms with E-state index in [1.54, 1.807) is 0 Å². The molecule has 23 nitrogen and oxygen atoms in total. The second-order valence-electron chi connectivity index (χ2n) is 12.8. The molecule has 304 valence electrons. The molecule has 3 amide bonds.